The van der Waals surface area contributed by atoms with Crippen molar-refractivity contribution in [1.82, 2.24) is 0 Å². The molecule has 82 valence electrons. The number of hydrogen-bond donors (Lipinski definition) is 0. The molecule has 1 aliphatic rings. The Bertz CT molecular complexity index is 327. The Morgan fingerprint density at radius 3 is 2.53 bits per heavy atom. The second-order valence-corrected chi connectivity index (χ2v) is 5.36. The van der Waals surface area contributed by atoms with E-state index in [0.29, 0.717) is 0 Å². The fourth-order valence-corrected chi connectivity index (χ4v) is 2.97. The van der Waals surface area contributed by atoms with Crippen LogP contribution in [0.15, 0.2) is 24.3 Å². The molecule has 0 bridgehead atoms. The van der Waals surface area contributed by atoms with Crippen LogP contribution in [-0.4, -0.2) is 0 Å². The first kappa shape index (κ1) is 10.7. The summed E-state index contributed by atoms with van der Waals surface area (Å²) >= 11 is 0. The van der Waals surface area contributed by atoms with Crippen molar-refractivity contribution in [1.29, 1.82) is 0 Å². The number of aryl methyl sites for hydroxylation is 1. The molecule has 1 aromatic carbocycles. The van der Waals surface area contributed by atoms with Gasteiger partial charge in [0, 0.05) is 0 Å². The highest BCUT2D eigenvalue weighted by atomic mass is 14.3. The van der Waals surface area contributed by atoms with Crippen molar-refractivity contribution in [3.8, 4) is 0 Å². The standard InChI is InChI=1S/C15H22/c1-11-8-9-13(3)15(10-11)14-7-5-4-6-12(14)2/h4-7,11,13,15H,8-10H2,1-3H3. The molecular weight excluding hydrogens is 180 g/mol. The van der Waals surface area contributed by atoms with Crippen molar-refractivity contribution < 1.29 is 0 Å². The SMILES string of the molecule is Cc1ccccc1C1CC(C)CCC1C. The molecule has 1 saturated carbocycles. The van der Waals surface area contributed by atoms with E-state index in [1.807, 2.05) is 0 Å². The third kappa shape index (κ3) is 2.25. The maximum atomic E-state index is 2.42. The molecule has 0 radical (unpaired) electrons. The molecule has 15 heavy (non-hydrogen) atoms. The molecule has 0 N–H and O–H groups in total. The smallest absolute Gasteiger partial charge is 0.0131 e. The molecular formula is C15H22. The monoisotopic (exact) mass is 202 g/mol. The highest BCUT2D eigenvalue weighted by molar-refractivity contribution is 5.30. The van der Waals surface area contributed by atoms with Gasteiger partial charge in [-0.3, -0.25) is 0 Å². The molecule has 0 amide bonds. The van der Waals surface area contributed by atoms with E-state index in [-0.39, 0.29) is 0 Å². The van der Waals surface area contributed by atoms with Gasteiger partial charge in [0.2, 0.25) is 0 Å². The van der Waals surface area contributed by atoms with E-state index in [2.05, 4.69) is 45.0 Å². The van der Waals surface area contributed by atoms with E-state index in [1.165, 1.54) is 24.8 Å². The molecule has 0 saturated heterocycles. The molecule has 1 fully saturated rings. The molecule has 2 rings (SSSR count). The first-order chi connectivity index (χ1) is 7.18. The van der Waals surface area contributed by atoms with Crippen molar-refractivity contribution in [3.05, 3.63) is 35.4 Å². The fourth-order valence-electron chi connectivity index (χ4n) is 2.97. The van der Waals surface area contributed by atoms with Crippen LogP contribution in [0.25, 0.3) is 0 Å². The van der Waals surface area contributed by atoms with E-state index in [1.54, 1.807) is 5.56 Å². The lowest BCUT2D eigenvalue weighted by molar-refractivity contribution is 0.264. The van der Waals surface area contributed by atoms with Crippen molar-refractivity contribution in [2.75, 3.05) is 0 Å². The maximum absolute atomic E-state index is 2.42. The molecule has 0 spiro atoms. The highest BCUT2D eigenvalue weighted by Gasteiger charge is 2.27. The third-order valence-electron chi connectivity index (χ3n) is 4.05. The lowest BCUT2D eigenvalue weighted by atomic mass is 9.71. The van der Waals surface area contributed by atoms with Gasteiger partial charge in [0.15, 0.2) is 0 Å². The zero-order chi connectivity index (χ0) is 10.8. The summed E-state index contributed by atoms with van der Waals surface area (Å²) in [5.41, 5.74) is 3.07. The quantitative estimate of drug-likeness (QED) is 0.627. The average molecular weight is 202 g/mol. The fraction of sp³-hybridized carbons (Fsp3) is 0.600. The van der Waals surface area contributed by atoms with Gasteiger partial charge in [-0.1, -0.05) is 44.5 Å². The highest BCUT2D eigenvalue weighted by Crippen LogP contribution is 2.41. The largest absolute Gasteiger partial charge is 0.0625 e. The molecule has 0 heteroatoms. The average Bonchev–Trinajstić information content (AvgIpc) is 2.23. The second kappa shape index (κ2) is 4.38. The Hall–Kier alpha value is -0.780. The van der Waals surface area contributed by atoms with Gasteiger partial charge in [0.25, 0.3) is 0 Å². The van der Waals surface area contributed by atoms with Gasteiger partial charge < -0.3 is 0 Å². The molecule has 3 unspecified atom stereocenters. The third-order valence-corrected chi connectivity index (χ3v) is 4.05. The van der Waals surface area contributed by atoms with Crippen LogP contribution in [0, 0.1) is 18.8 Å². The summed E-state index contributed by atoms with van der Waals surface area (Å²) in [5.74, 6) is 2.57. The minimum atomic E-state index is 0.801. The maximum Gasteiger partial charge on any atom is -0.0131 e. The Morgan fingerprint density at radius 1 is 1.07 bits per heavy atom. The normalized spacial score (nSPS) is 31.5. The Balaban J connectivity index is 2.25. The molecule has 3 atom stereocenters. The molecule has 0 aromatic heterocycles. The van der Waals surface area contributed by atoms with Crippen LogP contribution in [0.5, 0.6) is 0 Å². The molecule has 0 nitrogen and oxygen atoms in total. The Morgan fingerprint density at radius 2 is 1.80 bits per heavy atom. The molecule has 1 aromatic rings. The van der Waals surface area contributed by atoms with Crippen LogP contribution in [-0.2, 0) is 0 Å². The van der Waals surface area contributed by atoms with Gasteiger partial charge in [0.1, 0.15) is 0 Å². The van der Waals surface area contributed by atoms with Crippen molar-refractivity contribution >= 4 is 0 Å². The number of rotatable bonds is 1. The van der Waals surface area contributed by atoms with Gasteiger partial charge in [-0.2, -0.15) is 0 Å². The van der Waals surface area contributed by atoms with Gasteiger partial charge in [-0.25, -0.2) is 0 Å². The van der Waals surface area contributed by atoms with E-state index in [4.69, 9.17) is 0 Å². The van der Waals surface area contributed by atoms with Crippen LogP contribution < -0.4 is 0 Å². The van der Waals surface area contributed by atoms with Gasteiger partial charge in [0.05, 0.1) is 0 Å². The lowest BCUT2D eigenvalue weighted by Crippen LogP contribution is -2.20. The minimum absolute atomic E-state index is 0.801. The predicted octanol–water partition coefficient (Wildman–Crippen LogP) is 4.53. The van der Waals surface area contributed by atoms with Crippen molar-refractivity contribution in [3.63, 3.8) is 0 Å². The minimum Gasteiger partial charge on any atom is -0.0625 e. The Labute approximate surface area is 93.7 Å². The van der Waals surface area contributed by atoms with Crippen LogP contribution in [0.1, 0.15) is 50.2 Å². The van der Waals surface area contributed by atoms with Gasteiger partial charge in [-0.05, 0) is 48.6 Å². The summed E-state index contributed by atoms with van der Waals surface area (Å²) in [5, 5.41) is 0. The summed E-state index contributed by atoms with van der Waals surface area (Å²) in [7, 11) is 0. The zero-order valence-electron chi connectivity index (χ0n) is 10.2. The summed E-state index contributed by atoms with van der Waals surface area (Å²) in [6.07, 6.45) is 4.20. The topological polar surface area (TPSA) is 0 Å². The predicted molar refractivity (Wildman–Crippen MR) is 66.1 cm³/mol. The van der Waals surface area contributed by atoms with Crippen LogP contribution in [0.2, 0.25) is 0 Å². The summed E-state index contributed by atoms with van der Waals surface area (Å²) in [4.78, 5) is 0. The van der Waals surface area contributed by atoms with Gasteiger partial charge in [-0.15, -0.1) is 0 Å². The zero-order valence-corrected chi connectivity index (χ0v) is 10.2. The number of benzene rings is 1. The van der Waals surface area contributed by atoms with E-state index < -0.39 is 0 Å². The van der Waals surface area contributed by atoms with Gasteiger partial charge >= 0.3 is 0 Å². The van der Waals surface area contributed by atoms with Crippen molar-refractivity contribution in [2.45, 2.75) is 46.0 Å². The molecule has 0 aliphatic heterocycles. The first-order valence-electron chi connectivity index (χ1n) is 6.24. The van der Waals surface area contributed by atoms with E-state index in [0.717, 1.165) is 17.8 Å². The second-order valence-electron chi connectivity index (χ2n) is 5.36. The Kier molecular flexibility index (Phi) is 3.14. The summed E-state index contributed by atoms with van der Waals surface area (Å²) in [6.45, 7) is 7.07. The van der Waals surface area contributed by atoms with Crippen molar-refractivity contribution in [2.24, 2.45) is 11.8 Å². The first-order valence-corrected chi connectivity index (χ1v) is 6.24. The number of hydrogen-bond acceptors (Lipinski definition) is 0. The molecule has 0 heterocycles. The summed E-state index contributed by atoms with van der Waals surface area (Å²) < 4.78 is 0. The lowest BCUT2D eigenvalue weighted by Gasteiger charge is -2.33. The van der Waals surface area contributed by atoms with Crippen LogP contribution in [0.3, 0.4) is 0 Å². The summed E-state index contributed by atoms with van der Waals surface area (Å²) in [6, 6.07) is 8.92. The molecule has 1 aliphatic carbocycles. The van der Waals surface area contributed by atoms with Crippen LogP contribution >= 0.6 is 0 Å². The van der Waals surface area contributed by atoms with Crippen LogP contribution in [0.4, 0.5) is 0 Å². The van der Waals surface area contributed by atoms with E-state index >= 15 is 0 Å². The van der Waals surface area contributed by atoms with E-state index in [9.17, 15) is 0 Å².